The third-order valence-electron chi connectivity index (χ3n) is 5.55. The maximum absolute atomic E-state index is 13.6. The van der Waals surface area contributed by atoms with Crippen molar-refractivity contribution >= 4 is 27.5 Å². The maximum Gasteiger partial charge on any atom is 0.244 e. The van der Waals surface area contributed by atoms with Crippen LogP contribution in [0.4, 0.5) is 5.69 Å². The van der Waals surface area contributed by atoms with Crippen LogP contribution in [0.2, 0.25) is 0 Å². The van der Waals surface area contributed by atoms with Gasteiger partial charge in [-0.1, -0.05) is 68.3 Å². The number of nitrogens with one attached hydrogen (secondary N) is 1. The number of aryl methyl sites for hydroxylation is 2. The van der Waals surface area contributed by atoms with Crippen molar-refractivity contribution in [3.63, 3.8) is 0 Å². The molecule has 0 saturated carbocycles. The third-order valence-corrected chi connectivity index (χ3v) is 6.69. The summed E-state index contributed by atoms with van der Waals surface area (Å²) in [6.07, 6.45) is 1.49. The normalized spacial score (nSPS) is 12.3. The first-order valence-electron chi connectivity index (χ1n) is 11.6. The molecule has 0 aliphatic carbocycles. The van der Waals surface area contributed by atoms with E-state index in [1.807, 2.05) is 58.9 Å². The van der Waals surface area contributed by atoms with Crippen molar-refractivity contribution in [1.82, 2.24) is 10.2 Å². The van der Waals surface area contributed by atoms with Gasteiger partial charge in [0.2, 0.25) is 21.8 Å². The largest absolute Gasteiger partial charge is 0.354 e. The summed E-state index contributed by atoms with van der Waals surface area (Å²) < 4.78 is 26.3. The molecule has 0 bridgehead atoms. The first kappa shape index (κ1) is 27.4. The molecule has 0 fully saturated rings. The Morgan fingerprint density at radius 3 is 1.94 bits per heavy atom. The molecule has 7 nitrogen and oxygen atoms in total. The molecule has 186 valence electrons. The lowest BCUT2D eigenvalue weighted by Crippen LogP contribution is -2.52. The van der Waals surface area contributed by atoms with Gasteiger partial charge in [-0.3, -0.25) is 13.9 Å². The van der Waals surface area contributed by atoms with Gasteiger partial charge < -0.3 is 10.2 Å². The van der Waals surface area contributed by atoms with Crippen LogP contribution in [0, 0.1) is 19.8 Å². The van der Waals surface area contributed by atoms with E-state index >= 15 is 0 Å². The molecule has 0 aliphatic rings. The predicted octanol–water partition coefficient (Wildman–Crippen LogP) is 3.65. The van der Waals surface area contributed by atoms with E-state index in [2.05, 4.69) is 5.32 Å². The fourth-order valence-corrected chi connectivity index (χ4v) is 4.41. The number of benzene rings is 2. The summed E-state index contributed by atoms with van der Waals surface area (Å²) in [6, 6.07) is 14.0. The molecule has 2 amide bonds. The lowest BCUT2D eigenvalue weighted by Gasteiger charge is -2.33. The van der Waals surface area contributed by atoms with Gasteiger partial charge in [0, 0.05) is 13.1 Å². The Morgan fingerprint density at radius 2 is 1.47 bits per heavy atom. The van der Waals surface area contributed by atoms with E-state index in [1.165, 1.54) is 4.90 Å². The standard InChI is InChI=1S/C26H37N3O4S/c1-7-24(26(31)27-16-19(2)3)28(17-22-12-8-20(4)9-13-22)25(30)18-29(34(6,32)33)23-14-10-21(5)11-15-23/h8-15,19,24H,7,16-18H2,1-6H3,(H,27,31)/t24-/m1/s1. The monoisotopic (exact) mass is 487 g/mol. The highest BCUT2D eigenvalue weighted by Crippen LogP contribution is 2.20. The molecule has 1 N–H and O–H groups in total. The topological polar surface area (TPSA) is 86.8 Å². The quantitative estimate of drug-likeness (QED) is 0.524. The minimum Gasteiger partial charge on any atom is -0.354 e. The molecule has 8 heteroatoms. The highest BCUT2D eigenvalue weighted by molar-refractivity contribution is 7.92. The fourth-order valence-electron chi connectivity index (χ4n) is 3.56. The van der Waals surface area contributed by atoms with Crippen LogP contribution in [-0.4, -0.2) is 50.5 Å². The molecule has 0 heterocycles. The van der Waals surface area contributed by atoms with E-state index < -0.39 is 22.0 Å². The Kier molecular flexibility index (Phi) is 9.67. The van der Waals surface area contributed by atoms with Gasteiger partial charge >= 0.3 is 0 Å². The molecule has 2 aromatic carbocycles. The zero-order valence-corrected chi connectivity index (χ0v) is 21.9. The smallest absolute Gasteiger partial charge is 0.244 e. The summed E-state index contributed by atoms with van der Waals surface area (Å²) in [5.74, 6) is -0.402. The number of sulfonamides is 1. The number of carbonyl (C=O) groups is 2. The molecule has 34 heavy (non-hydrogen) atoms. The lowest BCUT2D eigenvalue weighted by atomic mass is 10.1. The second kappa shape index (κ2) is 12.0. The molecule has 0 spiro atoms. The van der Waals surface area contributed by atoms with Gasteiger partial charge in [0.05, 0.1) is 11.9 Å². The van der Waals surface area contributed by atoms with Crippen LogP contribution in [0.25, 0.3) is 0 Å². The number of carbonyl (C=O) groups excluding carboxylic acids is 2. The van der Waals surface area contributed by atoms with E-state index in [-0.39, 0.29) is 24.9 Å². The number of hydrogen-bond donors (Lipinski definition) is 1. The number of rotatable bonds is 11. The van der Waals surface area contributed by atoms with E-state index in [9.17, 15) is 18.0 Å². The molecule has 0 saturated heterocycles. The van der Waals surface area contributed by atoms with Crippen molar-refractivity contribution in [2.45, 2.75) is 53.6 Å². The Hall–Kier alpha value is -2.87. The van der Waals surface area contributed by atoms with Gasteiger partial charge in [0.15, 0.2) is 0 Å². The SMILES string of the molecule is CC[C@H](C(=O)NCC(C)C)N(Cc1ccc(C)cc1)C(=O)CN(c1ccc(C)cc1)S(C)(=O)=O. The van der Waals surface area contributed by atoms with Crippen molar-refractivity contribution in [2.24, 2.45) is 5.92 Å². The van der Waals surface area contributed by atoms with Crippen LogP contribution < -0.4 is 9.62 Å². The third kappa shape index (κ3) is 7.87. The van der Waals surface area contributed by atoms with Crippen LogP contribution in [-0.2, 0) is 26.2 Å². The lowest BCUT2D eigenvalue weighted by molar-refractivity contribution is -0.140. The minimum atomic E-state index is -3.73. The minimum absolute atomic E-state index is 0.207. The van der Waals surface area contributed by atoms with E-state index in [1.54, 1.807) is 24.3 Å². The van der Waals surface area contributed by atoms with E-state index in [4.69, 9.17) is 0 Å². The summed E-state index contributed by atoms with van der Waals surface area (Å²) in [5.41, 5.74) is 3.35. The summed E-state index contributed by atoms with van der Waals surface area (Å²) in [4.78, 5) is 28.1. The Bertz CT molecular complexity index is 1060. The summed E-state index contributed by atoms with van der Waals surface area (Å²) >= 11 is 0. The van der Waals surface area contributed by atoms with Gasteiger partial charge in [-0.05, 0) is 43.9 Å². The molecule has 0 unspecified atom stereocenters. The van der Waals surface area contributed by atoms with E-state index in [0.29, 0.717) is 18.7 Å². The summed E-state index contributed by atoms with van der Waals surface area (Å²) in [5, 5.41) is 2.92. The molecule has 1 atom stereocenters. The average molecular weight is 488 g/mol. The van der Waals surface area contributed by atoms with Crippen molar-refractivity contribution in [1.29, 1.82) is 0 Å². The molecule has 2 rings (SSSR count). The van der Waals surface area contributed by atoms with Gasteiger partial charge in [-0.2, -0.15) is 0 Å². The van der Waals surface area contributed by atoms with Gasteiger partial charge in [-0.15, -0.1) is 0 Å². The first-order chi connectivity index (χ1) is 15.9. The van der Waals surface area contributed by atoms with Gasteiger partial charge in [0.25, 0.3) is 0 Å². The van der Waals surface area contributed by atoms with Crippen LogP contribution in [0.1, 0.15) is 43.9 Å². The highest BCUT2D eigenvalue weighted by Gasteiger charge is 2.31. The number of nitrogens with zero attached hydrogens (tertiary/aromatic N) is 2. The first-order valence-corrected chi connectivity index (χ1v) is 13.4. The van der Waals surface area contributed by atoms with Crippen molar-refractivity contribution in [3.05, 3.63) is 65.2 Å². The maximum atomic E-state index is 13.6. The van der Waals surface area contributed by atoms with E-state index in [0.717, 1.165) is 27.3 Å². The van der Waals surface area contributed by atoms with Crippen molar-refractivity contribution < 1.29 is 18.0 Å². The van der Waals surface area contributed by atoms with Crippen molar-refractivity contribution in [2.75, 3.05) is 23.7 Å². The molecular weight excluding hydrogens is 450 g/mol. The van der Waals surface area contributed by atoms with Gasteiger partial charge in [0.1, 0.15) is 12.6 Å². The zero-order chi connectivity index (χ0) is 25.5. The summed E-state index contributed by atoms with van der Waals surface area (Å²) in [6.45, 7) is 10.1. The highest BCUT2D eigenvalue weighted by atomic mass is 32.2. The molecule has 0 aliphatic heterocycles. The number of amides is 2. The fraction of sp³-hybridized carbons (Fsp3) is 0.462. The second-order valence-corrected chi connectivity index (χ2v) is 11.1. The average Bonchev–Trinajstić information content (AvgIpc) is 2.77. The van der Waals surface area contributed by atoms with Crippen LogP contribution in [0.5, 0.6) is 0 Å². The Morgan fingerprint density at radius 1 is 0.941 bits per heavy atom. The predicted molar refractivity (Wildman–Crippen MR) is 137 cm³/mol. The number of anilines is 1. The molecular formula is C26H37N3O4S. The van der Waals surface area contributed by atoms with Crippen LogP contribution in [0.3, 0.4) is 0 Å². The number of hydrogen-bond acceptors (Lipinski definition) is 4. The van der Waals surface area contributed by atoms with Gasteiger partial charge in [-0.25, -0.2) is 8.42 Å². The van der Waals surface area contributed by atoms with Crippen LogP contribution >= 0.6 is 0 Å². The molecule has 2 aromatic rings. The second-order valence-electron chi connectivity index (χ2n) is 9.18. The Labute approximate surface area is 204 Å². The Balaban J connectivity index is 2.39. The van der Waals surface area contributed by atoms with Crippen molar-refractivity contribution in [3.8, 4) is 0 Å². The summed E-state index contributed by atoms with van der Waals surface area (Å²) in [7, 11) is -3.73. The molecule has 0 aromatic heterocycles. The van der Waals surface area contributed by atoms with Crippen LogP contribution in [0.15, 0.2) is 48.5 Å². The zero-order valence-electron chi connectivity index (χ0n) is 21.0. The molecule has 0 radical (unpaired) electrons.